The summed E-state index contributed by atoms with van der Waals surface area (Å²) in [7, 11) is 6.50. The summed E-state index contributed by atoms with van der Waals surface area (Å²) in [6.07, 6.45) is 3.47. The summed E-state index contributed by atoms with van der Waals surface area (Å²) in [5.74, 6) is 2.12. The maximum Gasteiger partial charge on any atom is 0.0746 e. The molecule has 2 radical (unpaired) electrons. The molecular formula is C13H27B. The molecule has 0 saturated carbocycles. The second-order valence-corrected chi connectivity index (χ2v) is 6.16. The normalized spacial score (nSPS) is 13.2. The first-order valence-corrected chi connectivity index (χ1v) is 6.04. The van der Waals surface area contributed by atoms with Gasteiger partial charge in [0.2, 0.25) is 0 Å². The van der Waals surface area contributed by atoms with Crippen LogP contribution in [0.4, 0.5) is 0 Å². The van der Waals surface area contributed by atoms with Gasteiger partial charge in [-0.05, 0) is 17.8 Å². The molecule has 1 heteroatoms. The predicted molar refractivity (Wildman–Crippen MR) is 66.8 cm³/mol. The maximum absolute atomic E-state index is 6.50. The van der Waals surface area contributed by atoms with Gasteiger partial charge in [-0.15, -0.1) is 0 Å². The third-order valence-electron chi connectivity index (χ3n) is 2.44. The Hall–Kier alpha value is 0.0649. The molecule has 0 saturated heterocycles. The minimum absolute atomic E-state index is 0.0660. The lowest BCUT2D eigenvalue weighted by Gasteiger charge is -2.35. The van der Waals surface area contributed by atoms with Crippen molar-refractivity contribution in [3.63, 3.8) is 0 Å². The van der Waals surface area contributed by atoms with Crippen LogP contribution in [0.2, 0.25) is 5.31 Å². The van der Waals surface area contributed by atoms with Gasteiger partial charge in [-0.3, -0.25) is 0 Å². The molecule has 0 aliphatic heterocycles. The summed E-state index contributed by atoms with van der Waals surface area (Å²) < 4.78 is 0. The molecule has 0 aromatic carbocycles. The van der Waals surface area contributed by atoms with E-state index in [1.165, 1.54) is 0 Å². The van der Waals surface area contributed by atoms with Gasteiger partial charge >= 0.3 is 0 Å². The van der Waals surface area contributed by atoms with Crippen molar-refractivity contribution in [1.29, 1.82) is 0 Å². The molecule has 0 bridgehead atoms. The molecule has 0 aliphatic carbocycles. The third-order valence-corrected chi connectivity index (χ3v) is 2.44. The van der Waals surface area contributed by atoms with Crippen LogP contribution in [-0.2, 0) is 0 Å². The van der Waals surface area contributed by atoms with Crippen LogP contribution < -0.4 is 0 Å². The Morgan fingerprint density at radius 2 is 0.929 bits per heavy atom. The fourth-order valence-electron chi connectivity index (χ4n) is 2.69. The highest BCUT2D eigenvalue weighted by Crippen LogP contribution is 2.43. The third kappa shape index (κ3) is 6.51. The van der Waals surface area contributed by atoms with Crippen molar-refractivity contribution in [2.24, 2.45) is 17.8 Å². The van der Waals surface area contributed by atoms with Gasteiger partial charge in [-0.1, -0.05) is 66.1 Å². The number of hydrogen-bond acceptors (Lipinski definition) is 0. The zero-order chi connectivity index (χ0) is 11.4. The molecule has 0 aliphatic rings. The Kier molecular flexibility index (Phi) is 5.85. The fraction of sp³-hybridized carbons (Fsp3) is 1.00. The van der Waals surface area contributed by atoms with Crippen molar-refractivity contribution >= 4 is 7.85 Å². The number of hydrogen-bond donors (Lipinski definition) is 0. The molecule has 0 aromatic heterocycles. The first-order valence-electron chi connectivity index (χ1n) is 6.04. The van der Waals surface area contributed by atoms with Crippen molar-refractivity contribution in [3.05, 3.63) is 0 Å². The lowest BCUT2D eigenvalue weighted by molar-refractivity contribution is 0.313. The van der Waals surface area contributed by atoms with Crippen LogP contribution in [0.25, 0.3) is 0 Å². The quantitative estimate of drug-likeness (QED) is 0.548. The van der Waals surface area contributed by atoms with Crippen molar-refractivity contribution in [2.75, 3.05) is 0 Å². The van der Waals surface area contributed by atoms with Gasteiger partial charge in [0.25, 0.3) is 0 Å². The molecule has 14 heavy (non-hydrogen) atoms. The van der Waals surface area contributed by atoms with Gasteiger partial charge in [0.05, 0.1) is 7.85 Å². The highest BCUT2D eigenvalue weighted by molar-refractivity contribution is 6.15. The van der Waals surface area contributed by atoms with Crippen molar-refractivity contribution < 1.29 is 0 Å². The summed E-state index contributed by atoms with van der Waals surface area (Å²) in [6, 6.07) is 0. The van der Waals surface area contributed by atoms with E-state index in [0.29, 0.717) is 17.8 Å². The molecule has 0 N–H and O–H groups in total. The van der Waals surface area contributed by atoms with E-state index in [4.69, 9.17) is 7.85 Å². The standard InChI is InChI=1S/C13H27B/c1-10(2)7-13(14,8-11(3)4)9-12(5)6/h10-12H,7-9H2,1-6H3. The molecule has 0 amide bonds. The average molecular weight is 194 g/mol. The van der Waals surface area contributed by atoms with Crippen LogP contribution >= 0.6 is 0 Å². The molecule has 0 heterocycles. The fourth-order valence-corrected chi connectivity index (χ4v) is 2.69. The lowest BCUT2D eigenvalue weighted by Crippen LogP contribution is -2.20. The van der Waals surface area contributed by atoms with Gasteiger partial charge in [0.1, 0.15) is 0 Å². The second kappa shape index (κ2) is 5.83. The molecule has 0 atom stereocenters. The minimum atomic E-state index is 0.0660. The minimum Gasteiger partial charge on any atom is -0.0653 e. The molecular weight excluding hydrogens is 167 g/mol. The molecule has 0 spiro atoms. The SMILES string of the molecule is [B]C(CC(C)C)(CC(C)C)CC(C)C. The van der Waals surface area contributed by atoms with Gasteiger partial charge in [0.15, 0.2) is 0 Å². The first kappa shape index (κ1) is 14.1. The van der Waals surface area contributed by atoms with Crippen molar-refractivity contribution in [1.82, 2.24) is 0 Å². The summed E-state index contributed by atoms with van der Waals surface area (Å²) in [5, 5.41) is 0.0660. The predicted octanol–water partition coefficient (Wildman–Crippen LogP) is 4.45. The number of rotatable bonds is 6. The Balaban J connectivity index is 4.32. The Labute approximate surface area is 92.3 Å². The topological polar surface area (TPSA) is 0 Å². The Morgan fingerprint density at radius 1 is 0.714 bits per heavy atom. The molecule has 0 fully saturated rings. The Morgan fingerprint density at radius 3 is 1.07 bits per heavy atom. The van der Waals surface area contributed by atoms with Gasteiger partial charge in [-0.2, -0.15) is 0 Å². The van der Waals surface area contributed by atoms with Gasteiger partial charge < -0.3 is 0 Å². The van der Waals surface area contributed by atoms with Gasteiger partial charge in [-0.25, -0.2) is 0 Å². The smallest absolute Gasteiger partial charge is 0.0653 e. The monoisotopic (exact) mass is 194 g/mol. The molecule has 0 aromatic rings. The van der Waals surface area contributed by atoms with E-state index in [9.17, 15) is 0 Å². The molecule has 0 unspecified atom stereocenters. The van der Waals surface area contributed by atoms with E-state index in [-0.39, 0.29) is 5.31 Å². The maximum atomic E-state index is 6.50. The van der Waals surface area contributed by atoms with Crippen molar-refractivity contribution in [3.8, 4) is 0 Å². The first-order chi connectivity index (χ1) is 6.25. The van der Waals surface area contributed by atoms with Crippen LogP contribution in [0.15, 0.2) is 0 Å². The van der Waals surface area contributed by atoms with E-state index in [1.54, 1.807) is 0 Å². The highest BCUT2D eigenvalue weighted by atomic mass is 14.3. The second-order valence-electron chi connectivity index (χ2n) is 6.16. The van der Waals surface area contributed by atoms with Crippen LogP contribution in [0.1, 0.15) is 60.8 Å². The van der Waals surface area contributed by atoms with E-state index in [2.05, 4.69) is 41.5 Å². The highest BCUT2D eigenvalue weighted by Gasteiger charge is 2.26. The summed E-state index contributed by atoms with van der Waals surface area (Å²) in [5.41, 5.74) is 0. The average Bonchev–Trinajstić information content (AvgIpc) is 1.76. The van der Waals surface area contributed by atoms with E-state index >= 15 is 0 Å². The Bertz CT molecular complexity index is 121. The van der Waals surface area contributed by atoms with Crippen LogP contribution in [0, 0.1) is 17.8 Å². The molecule has 0 nitrogen and oxygen atoms in total. The summed E-state index contributed by atoms with van der Waals surface area (Å²) >= 11 is 0. The van der Waals surface area contributed by atoms with E-state index < -0.39 is 0 Å². The van der Waals surface area contributed by atoms with Crippen LogP contribution in [0.3, 0.4) is 0 Å². The van der Waals surface area contributed by atoms with Gasteiger partial charge in [0, 0.05) is 0 Å². The van der Waals surface area contributed by atoms with E-state index in [1.807, 2.05) is 0 Å². The van der Waals surface area contributed by atoms with Crippen LogP contribution in [0.5, 0.6) is 0 Å². The van der Waals surface area contributed by atoms with E-state index in [0.717, 1.165) is 19.3 Å². The molecule has 82 valence electrons. The zero-order valence-electron chi connectivity index (χ0n) is 10.9. The summed E-state index contributed by atoms with van der Waals surface area (Å²) in [6.45, 7) is 13.6. The summed E-state index contributed by atoms with van der Waals surface area (Å²) in [4.78, 5) is 0. The zero-order valence-corrected chi connectivity index (χ0v) is 10.9. The lowest BCUT2D eigenvalue weighted by atomic mass is 9.57. The van der Waals surface area contributed by atoms with Crippen LogP contribution in [-0.4, -0.2) is 7.85 Å². The molecule has 0 rings (SSSR count). The van der Waals surface area contributed by atoms with Crippen molar-refractivity contribution in [2.45, 2.75) is 66.1 Å². The largest absolute Gasteiger partial charge is 0.0746 e.